The van der Waals surface area contributed by atoms with Crippen LogP contribution in [0.2, 0.25) is 0 Å². The Morgan fingerprint density at radius 2 is 1.43 bits per heavy atom. The number of carbonyl (C=O) groups excluding carboxylic acids is 4. The first kappa shape index (κ1) is 30.1. The van der Waals surface area contributed by atoms with Crippen LogP contribution in [-0.4, -0.2) is 38.9 Å². The zero-order valence-corrected chi connectivity index (χ0v) is 26.9. The zero-order valence-electron chi connectivity index (χ0n) is 26.9. The number of imide groups is 1. The van der Waals surface area contributed by atoms with E-state index in [0.29, 0.717) is 28.7 Å². The fourth-order valence-electron chi connectivity index (χ4n) is 9.07. The van der Waals surface area contributed by atoms with Crippen molar-refractivity contribution in [1.82, 2.24) is 4.90 Å². The summed E-state index contributed by atoms with van der Waals surface area (Å²) in [5, 5.41) is 10.8. The third-order valence-corrected chi connectivity index (χ3v) is 10.9. The highest BCUT2D eigenvalue weighted by Gasteiger charge is 2.66. The summed E-state index contributed by atoms with van der Waals surface area (Å²) in [6, 6.07) is 22.7. The molecule has 2 fully saturated rings. The number of benzene rings is 3. The number of likely N-dealkylation sites (tertiary alicyclic amines) is 1. The van der Waals surface area contributed by atoms with Gasteiger partial charge in [0.25, 0.3) is 0 Å². The number of nitrogens with zero attached hydrogens (tertiary/aromatic N) is 1. The molecule has 0 bridgehead atoms. The maximum atomic E-state index is 15.1. The van der Waals surface area contributed by atoms with E-state index in [1.165, 1.54) is 11.0 Å². The van der Waals surface area contributed by atoms with Crippen LogP contribution in [0.5, 0.6) is 5.75 Å². The van der Waals surface area contributed by atoms with Gasteiger partial charge in [0.15, 0.2) is 11.6 Å². The van der Waals surface area contributed by atoms with Crippen LogP contribution in [0.4, 0.5) is 0 Å². The molecule has 6 nitrogen and oxygen atoms in total. The molecule has 0 unspecified atom stereocenters. The van der Waals surface area contributed by atoms with Crippen molar-refractivity contribution in [2.45, 2.75) is 64.3 Å². The van der Waals surface area contributed by atoms with E-state index in [4.69, 9.17) is 0 Å². The monoisotopic (exact) mass is 613 g/mol. The van der Waals surface area contributed by atoms with E-state index in [1.54, 1.807) is 0 Å². The van der Waals surface area contributed by atoms with Gasteiger partial charge in [0.1, 0.15) is 5.75 Å². The van der Waals surface area contributed by atoms with Crippen LogP contribution in [0, 0.1) is 37.5 Å². The molecule has 1 saturated heterocycles. The maximum Gasteiger partial charge on any atom is 0.234 e. The number of phenols is 1. The standard InChI is InChI=1S/C40H39NO5/c1-22-18-25(19-23(2)35(22)43)34-27-16-17-28-33(38(46)41(37(28)45)39(3,4)5)30(27)20-31-36(44)29(24-12-8-6-9-13-24)21-32(42)40(31,34)26-14-10-7-11-15-26/h6-16,18-19,21,28,30-31,33-34,43H,17,20H2,1-5H3/t28-,30+,31-,33-,34-,40-/m0/s1. The molecule has 1 saturated carbocycles. The number of phenolic OH excluding ortho intramolecular Hbond substituents is 1. The average molecular weight is 614 g/mol. The van der Waals surface area contributed by atoms with Crippen molar-refractivity contribution >= 4 is 29.0 Å². The summed E-state index contributed by atoms with van der Waals surface area (Å²) in [6.45, 7) is 9.31. The molecule has 6 atom stereocenters. The van der Waals surface area contributed by atoms with Crippen molar-refractivity contribution in [3.05, 3.63) is 118 Å². The molecule has 7 rings (SSSR count). The van der Waals surface area contributed by atoms with Gasteiger partial charge in [0.2, 0.25) is 11.8 Å². The van der Waals surface area contributed by atoms with Crippen LogP contribution < -0.4 is 0 Å². The van der Waals surface area contributed by atoms with Crippen molar-refractivity contribution in [2.75, 3.05) is 0 Å². The third kappa shape index (κ3) is 4.15. The van der Waals surface area contributed by atoms with Gasteiger partial charge >= 0.3 is 0 Å². The van der Waals surface area contributed by atoms with Crippen molar-refractivity contribution < 1.29 is 24.3 Å². The van der Waals surface area contributed by atoms with Crippen LogP contribution in [0.3, 0.4) is 0 Å². The number of carbonyl (C=O) groups is 4. The van der Waals surface area contributed by atoms with Gasteiger partial charge in [-0.25, -0.2) is 0 Å². The first-order valence-corrected chi connectivity index (χ1v) is 16.2. The predicted molar refractivity (Wildman–Crippen MR) is 176 cm³/mol. The Hall–Kier alpha value is -4.58. The Morgan fingerprint density at radius 3 is 2.04 bits per heavy atom. The number of ketones is 2. The van der Waals surface area contributed by atoms with E-state index in [9.17, 15) is 19.5 Å². The highest BCUT2D eigenvalue weighted by atomic mass is 16.3. The molecule has 0 radical (unpaired) electrons. The molecule has 3 aromatic carbocycles. The lowest BCUT2D eigenvalue weighted by Gasteiger charge is -2.55. The van der Waals surface area contributed by atoms with Crippen molar-refractivity contribution in [2.24, 2.45) is 23.7 Å². The summed E-state index contributed by atoms with van der Waals surface area (Å²) in [6.07, 6.45) is 4.29. The minimum atomic E-state index is -1.28. The molecular weight excluding hydrogens is 574 g/mol. The molecule has 1 aliphatic heterocycles. The zero-order chi connectivity index (χ0) is 32.7. The second-order valence-corrected chi connectivity index (χ2v) is 14.5. The maximum absolute atomic E-state index is 15.1. The summed E-state index contributed by atoms with van der Waals surface area (Å²) in [4.78, 5) is 59.5. The summed E-state index contributed by atoms with van der Waals surface area (Å²) in [5.74, 6) is -3.35. The lowest BCUT2D eigenvalue weighted by atomic mass is 9.44. The van der Waals surface area contributed by atoms with Crippen LogP contribution in [0.25, 0.3) is 5.57 Å². The quantitative estimate of drug-likeness (QED) is 0.265. The molecule has 2 amide bonds. The molecule has 0 aromatic heterocycles. The van der Waals surface area contributed by atoms with Crippen LogP contribution in [0.15, 0.2) is 90.5 Å². The summed E-state index contributed by atoms with van der Waals surface area (Å²) in [5.41, 5.74) is 2.95. The van der Waals surface area contributed by atoms with Gasteiger partial charge in [0.05, 0.1) is 17.3 Å². The minimum absolute atomic E-state index is 0.127. The smallest absolute Gasteiger partial charge is 0.234 e. The van der Waals surface area contributed by atoms with Gasteiger partial charge in [-0.05, 0) is 87.3 Å². The lowest BCUT2D eigenvalue weighted by Crippen LogP contribution is -2.59. The molecule has 4 aliphatic rings. The summed E-state index contributed by atoms with van der Waals surface area (Å²) >= 11 is 0. The van der Waals surface area contributed by atoms with E-state index in [0.717, 1.165) is 16.7 Å². The van der Waals surface area contributed by atoms with E-state index in [2.05, 4.69) is 6.08 Å². The van der Waals surface area contributed by atoms with E-state index in [-0.39, 0.29) is 35.6 Å². The van der Waals surface area contributed by atoms with Gasteiger partial charge in [-0.3, -0.25) is 24.1 Å². The second kappa shape index (κ2) is 10.5. The number of allylic oxidation sites excluding steroid dienone is 4. The largest absolute Gasteiger partial charge is 0.507 e. The normalized spacial score (nSPS) is 29.2. The lowest BCUT2D eigenvalue weighted by molar-refractivity contribution is -0.145. The van der Waals surface area contributed by atoms with Gasteiger partial charge < -0.3 is 5.11 Å². The second-order valence-electron chi connectivity index (χ2n) is 14.5. The number of aromatic hydroxyl groups is 1. The Bertz CT molecular complexity index is 1840. The molecule has 1 heterocycles. The van der Waals surface area contributed by atoms with Gasteiger partial charge in [-0.2, -0.15) is 0 Å². The van der Waals surface area contributed by atoms with Crippen molar-refractivity contribution in [1.29, 1.82) is 0 Å². The number of rotatable bonds is 3. The number of aryl methyl sites for hydroxylation is 2. The first-order valence-electron chi connectivity index (χ1n) is 16.2. The molecule has 0 spiro atoms. The first-order chi connectivity index (χ1) is 21.9. The predicted octanol–water partition coefficient (Wildman–Crippen LogP) is 6.63. The number of hydrogen-bond acceptors (Lipinski definition) is 5. The summed E-state index contributed by atoms with van der Waals surface area (Å²) < 4.78 is 0. The molecule has 3 aliphatic carbocycles. The van der Waals surface area contributed by atoms with Crippen LogP contribution in [-0.2, 0) is 24.6 Å². The van der Waals surface area contributed by atoms with Crippen LogP contribution in [0.1, 0.15) is 67.3 Å². The molecular formula is C40H39NO5. The molecule has 1 N–H and O–H groups in total. The SMILES string of the molecule is Cc1cc([C@H]2C3=CC[C@@H]4C(=O)N(C(C)(C)C)C(=O)[C@@H]4[C@@H]3C[C@H]3C(=O)C(c4ccccc4)=CC(=O)[C@@]23c2ccccc2)cc(C)c1O. The van der Waals surface area contributed by atoms with Crippen molar-refractivity contribution in [3.63, 3.8) is 0 Å². The molecule has 234 valence electrons. The van der Waals surface area contributed by atoms with Gasteiger partial charge in [-0.15, -0.1) is 0 Å². The number of hydrogen-bond donors (Lipinski definition) is 1. The highest BCUT2D eigenvalue weighted by molar-refractivity contribution is 6.31. The van der Waals surface area contributed by atoms with Gasteiger partial charge in [-0.1, -0.05) is 84.4 Å². The van der Waals surface area contributed by atoms with E-state index in [1.807, 2.05) is 107 Å². The highest BCUT2D eigenvalue weighted by Crippen LogP contribution is 2.64. The van der Waals surface area contributed by atoms with E-state index < -0.39 is 40.5 Å². The molecule has 3 aromatic rings. The molecule has 6 heteroatoms. The average Bonchev–Trinajstić information content (AvgIpc) is 3.30. The number of Topliss-reactive ketones (excluding diaryl/α,β-unsaturated/α-hetero) is 1. The summed E-state index contributed by atoms with van der Waals surface area (Å²) in [7, 11) is 0. The number of amides is 2. The molecule has 46 heavy (non-hydrogen) atoms. The minimum Gasteiger partial charge on any atom is -0.507 e. The Morgan fingerprint density at radius 1 is 0.826 bits per heavy atom. The number of fused-ring (bicyclic) bond motifs is 4. The Labute approximate surface area is 269 Å². The fourth-order valence-corrected chi connectivity index (χ4v) is 9.07. The van der Waals surface area contributed by atoms with E-state index >= 15 is 4.79 Å². The van der Waals surface area contributed by atoms with Crippen LogP contribution >= 0.6 is 0 Å². The van der Waals surface area contributed by atoms with Crippen molar-refractivity contribution in [3.8, 4) is 5.75 Å². The fraction of sp³-hybridized carbons (Fsp3) is 0.350. The Balaban J connectivity index is 1.52. The van der Waals surface area contributed by atoms with Gasteiger partial charge in [0, 0.05) is 22.9 Å². The Kier molecular flexibility index (Phi) is 6.86. The topological polar surface area (TPSA) is 91.8 Å². The third-order valence-electron chi connectivity index (χ3n) is 10.9.